The molecule has 0 aliphatic carbocycles. The average Bonchev–Trinajstić information content (AvgIpc) is 3.04. The van der Waals surface area contributed by atoms with Crippen molar-refractivity contribution in [3.05, 3.63) is 29.8 Å². The van der Waals surface area contributed by atoms with Gasteiger partial charge in [-0.05, 0) is 49.2 Å². The van der Waals surface area contributed by atoms with Gasteiger partial charge >= 0.3 is 0 Å². The highest BCUT2D eigenvalue weighted by Crippen LogP contribution is 2.29. The van der Waals surface area contributed by atoms with E-state index in [9.17, 15) is 4.79 Å². The van der Waals surface area contributed by atoms with E-state index in [1.165, 1.54) is 5.69 Å². The normalized spacial score (nSPS) is 25.3. The van der Waals surface area contributed by atoms with Gasteiger partial charge in [0.25, 0.3) is 5.91 Å². The Hall–Kier alpha value is -1.59. The summed E-state index contributed by atoms with van der Waals surface area (Å²) in [5.41, 5.74) is 7.92. The van der Waals surface area contributed by atoms with Gasteiger partial charge in [-0.2, -0.15) is 0 Å². The first-order valence-corrected chi connectivity index (χ1v) is 9.11. The van der Waals surface area contributed by atoms with Gasteiger partial charge in [-0.25, -0.2) is 0 Å². The van der Waals surface area contributed by atoms with Crippen LogP contribution in [0.25, 0.3) is 0 Å². The van der Waals surface area contributed by atoms with Crippen molar-refractivity contribution in [3.63, 3.8) is 0 Å². The van der Waals surface area contributed by atoms with E-state index < -0.39 is 0 Å². The van der Waals surface area contributed by atoms with Gasteiger partial charge < -0.3 is 20.4 Å². The molecule has 0 saturated carbocycles. The molecule has 1 amide bonds. The number of nitrogens with two attached hydrogens (primary N) is 1. The summed E-state index contributed by atoms with van der Waals surface area (Å²) in [4.78, 5) is 19.5. The van der Waals surface area contributed by atoms with Crippen LogP contribution in [0.15, 0.2) is 24.3 Å². The van der Waals surface area contributed by atoms with Crippen molar-refractivity contribution < 1.29 is 4.79 Å². The van der Waals surface area contributed by atoms with E-state index in [1.54, 1.807) is 0 Å². The maximum absolute atomic E-state index is 12.7. The van der Waals surface area contributed by atoms with Crippen LogP contribution in [0.5, 0.6) is 0 Å². The highest BCUT2D eigenvalue weighted by molar-refractivity contribution is 5.94. The predicted octanol–water partition coefficient (Wildman–Crippen LogP) is 1.64. The third-order valence-electron chi connectivity index (χ3n) is 5.64. The fraction of sp³-hybridized carbons (Fsp3) is 0.632. The predicted molar refractivity (Wildman–Crippen MR) is 98.5 cm³/mol. The zero-order chi connectivity index (χ0) is 17.2. The molecular formula is C19H30N4O. The molecule has 1 aromatic carbocycles. The molecule has 5 nitrogen and oxygen atoms in total. The zero-order valence-corrected chi connectivity index (χ0v) is 15.0. The topological polar surface area (TPSA) is 52.8 Å². The SMILES string of the molecule is CCN1CCN(c2ccc(C(=O)N3CCC(C)(CN)C3)cc2)CC1. The van der Waals surface area contributed by atoms with Crippen molar-refractivity contribution in [3.8, 4) is 0 Å². The molecule has 2 N–H and O–H groups in total. The van der Waals surface area contributed by atoms with Crippen molar-refractivity contribution in [2.45, 2.75) is 20.3 Å². The van der Waals surface area contributed by atoms with Gasteiger partial charge in [0.2, 0.25) is 0 Å². The summed E-state index contributed by atoms with van der Waals surface area (Å²) in [5, 5.41) is 0. The highest BCUT2D eigenvalue weighted by atomic mass is 16.2. The molecule has 2 fully saturated rings. The number of piperazine rings is 1. The molecular weight excluding hydrogens is 300 g/mol. The first-order chi connectivity index (χ1) is 11.5. The van der Waals surface area contributed by atoms with E-state index >= 15 is 0 Å². The first-order valence-electron chi connectivity index (χ1n) is 9.11. The molecule has 2 aliphatic heterocycles. The Morgan fingerprint density at radius 3 is 2.33 bits per heavy atom. The smallest absolute Gasteiger partial charge is 0.253 e. The Labute approximate surface area is 145 Å². The minimum atomic E-state index is 0.0779. The van der Waals surface area contributed by atoms with E-state index in [0.717, 1.165) is 57.8 Å². The molecule has 3 rings (SSSR count). The van der Waals surface area contributed by atoms with E-state index in [1.807, 2.05) is 17.0 Å². The molecule has 0 aromatic heterocycles. The van der Waals surface area contributed by atoms with Crippen molar-refractivity contribution in [2.24, 2.45) is 11.1 Å². The van der Waals surface area contributed by atoms with Gasteiger partial charge in [-0.3, -0.25) is 4.79 Å². The van der Waals surface area contributed by atoms with E-state index in [0.29, 0.717) is 6.54 Å². The van der Waals surface area contributed by atoms with Crippen LogP contribution in [0.3, 0.4) is 0 Å². The maximum atomic E-state index is 12.7. The standard InChI is InChI=1S/C19H30N4O/c1-3-21-10-12-22(13-11-21)17-6-4-16(5-7-17)18(24)23-9-8-19(2,14-20)15-23/h4-7H,3,8-15,20H2,1-2H3. The number of anilines is 1. The molecule has 2 heterocycles. The largest absolute Gasteiger partial charge is 0.369 e. The molecule has 2 saturated heterocycles. The molecule has 1 atom stereocenters. The number of nitrogens with zero attached hydrogens (tertiary/aromatic N) is 3. The van der Waals surface area contributed by atoms with Crippen molar-refractivity contribution in [1.29, 1.82) is 0 Å². The monoisotopic (exact) mass is 330 g/mol. The second-order valence-electron chi connectivity index (χ2n) is 7.46. The minimum absolute atomic E-state index is 0.0779. The number of hydrogen-bond donors (Lipinski definition) is 1. The molecule has 5 heteroatoms. The molecule has 1 aromatic rings. The minimum Gasteiger partial charge on any atom is -0.369 e. The first kappa shape index (κ1) is 17.2. The summed E-state index contributed by atoms with van der Waals surface area (Å²) in [6.45, 7) is 12.1. The Morgan fingerprint density at radius 2 is 1.79 bits per heavy atom. The number of benzene rings is 1. The highest BCUT2D eigenvalue weighted by Gasteiger charge is 2.35. The van der Waals surface area contributed by atoms with Crippen molar-refractivity contribution in [1.82, 2.24) is 9.80 Å². The summed E-state index contributed by atoms with van der Waals surface area (Å²) in [5.74, 6) is 0.134. The number of likely N-dealkylation sites (N-methyl/N-ethyl adjacent to an activating group) is 1. The van der Waals surface area contributed by atoms with Crippen LogP contribution in [-0.2, 0) is 0 Å². The number of carbonyl (C=O) groups is 1. The third kappa shape index (κ3) is 3.57. The third-order valence-corrected chi connectivity index (χ3v) is 5.64. The van der Waals surface area contributed by atoms with Crippen molar-refractivity contribution >= 4 is 11.6 Å². The lowest BCUT2D eigenvalue weighted by atomic mass is 9.90. The zero-order valence-electron chi connectivity index (χ0n) is 15.0. The quantitative estimate of drug-likeness (QED) is 0.912. The van der Waals surface area contributed by atoms with Gasteiger partial charge in [-0.15, -0.1) is 0 Å². The summed E-state index contributed by atoms with van der Waals surface area (Å²) >= 11 is 0. The molecule has 1 unspecified atom stereocenters. The summed E-state index contributed by atoms with van der Waals surface area (Å²) in [7, 11) is 0. The van der Waals surface area contributed by atoms with Crippen LogP contribution in [0.4, 0.5) is 5.69 Å². The molecule has 24 heavy (non-hydrogen) atoms. The molecule has 0 spiro atoms. The lowest BCUT2D eigenvalue weighted by Crippen LogP contribution is -2.46. The fourth-order valence-electron chi connectivity index (χ4n) is 3.68. The Morgan fingerprint density at radius 1 is 1.12 bits per heavy atom. The van der Waals surface area contributed by atoms with Gasteiger partial charge in [0, 0.05) is 50.5 Å². The van der Waals surface area contributed by atoms with Gasteiger partial charge in [-0.1, -0.05) is 13.8 Å². The van der Waals surface area contributed by atoms with E-state index in [4.69, 9.17) is 5.73 Å². The lowest BCUT2D eigenvalue weighted by Gasteiger charge is -2.35. The number of rotatable bonds is 4. The molecule has 0 bridgehead atoms. The lowest BCUT2D eigenvalue weighted by molar-refractivity contribution is 0.0777. The number of likely N-dealkylation sites (tertiary alicyclic amines) is 1. The van der Waals surface area contributed by atoms with Gasteiger partial charge in [0.05, 0.1) is 0 Å². The van der Waals surface area contributed by atoms with Crippen molar-refractivity contribution in [2.75, 3.05) is 57.3 Å². The second kappa shape index (κ2) is 7.11. The van der Waals surface area contributed by atoms with Gasteiger partial charge in [0.15, 0.2) is 0 Å². The molecule has 0 radical (unpaired) electrons. The number of amides is 1. The Balaban J connectivity index is 1.61. The van der Waals surface area contributed by atoms with Crippen LogP contribution < -0.4 is 10.6 Å². The Bertz CT molecular complexity index is 565. The second-order valence-corrected chi connectivity index (χ2v) is 7.46. The maximum Gasteiger partial charge on any atom is 0.253 e. The van der Waals surface area contributed by atoms with Crippen LogP contribution in [0.1, 0.15) is 30.6 Å². The van der Waals surface area contributed by atoms with Crippen LogP contribution in [0.2, 0.25) is 0 Å². The fourth-order valence-corrected chi connectivity index (χ4v) is 3.68. The van der Waals surface area contributed by atoms with Crippen LogP contribution in [0, 0.1) is 5.41 Å². The summed E-state index contributed by atoms with van der Waals surface area (Å²) in [6.07, 6.45) is 0.995. The summed E-state index contributed by atoms with van der Waals surface area (Å²) < 4.78 is 0. The Kier molecular flexibility index (Phi) is 5.11. The summed E-state index contributed by atoms with van der Waals surface area (Å²) in [6, 6.07) is 8.13. The van der Waals surface area contributed by atoms with Crippen LogP contribution in [-0.4, -0.2) is 68.1 Å². The van der Waals surface area contributed by atoms with Gasteiger partial charge in [0.1, 0.15) is 0 Å². The van der Waals surface area contributed by atoms with E-state index in [-0.39, 0.29) is 11.3 Å². The molecule has 132 valence electrons. The van der Waals surface area contributed by atoms with Crippen LogP contribution >= 0.6 is 0 Å². The number of carbonyl (C=O) groups excluding carboxylic acids is 1. The average molecular weight is 330 g/mol. The van der Waals surface area contributed by atoms with E-state index in [2.05, 4.69) is 35.8 Å². The number of hydrogen-bond acceptors (Lipinski definition) is 4. The molecule has 2 aliphatic rings.